The maximum absolute atomic E-state index is 3.54. The topological polar surface area (TPSA) is 12.0 Å². The molecule has 0 heterocycles. The van der Waals surface area contributed by atoms with E-state index in [1.54, 1.807) is 11.8 Å². The van der Waals surface area contributed by atoms with Crippen LogP contribution in [0, 0.1) is 11.3 Å². The van der Waals surface area contributed by atoms with Gasteiger partial charge in [-0.05, 0) is 41.8 Å². The molecule has 2 heteroatoms. The summed E-state index contributed by atoms with van der Waals surface area (Å²) in [7, 11) is 0. The molecule has 0 amide bonds. The van der Waals surface area contributed by atoms with Gasteiger partial charge in [-0.2, -0.15) is 0 Å². The Morgan fingerprint density at radius 2 is 1.76 bits per heavy atom. The van der Waals surface area contributed by atoms with Crippen molar-refractivity contribution in [2.24, 2.45) is 11.3 Å². The van der Waals surface area contributed by atoms with Gasteiger partial charge >= 0.3 is 0 Å². The van der Waals surface area contributed by atoms with E-state index < -0.39 is 0 Å². The highest BCUT2D eigenvalue weighted by atomic mass is 32.2. The van der Waals surface area contributed by atoms with Crippen molar-refractivity contribution < 1.29 is 0 Å². The van der Waals surface area contributed by atoms with Crippen molar-refractivity contribution in [2.75, 3.05) is 12.8 Å². The van der Waals surface area contributed by atoms with E-state index in [0.29, 0.717) is 11.3 Å². The molecule has 0 bridgehead atoms. The first-order valence-corrected chi connectivity index (χ1v) is 7.49. The highest BCUT2D eigenvalue weighted by Crippen LogP contribution is 2.24. The molecule has 1 rings (SSSR count). The van der Waals surface area contributed by atoms with Crippen molar-refractivity contribution >= 4 is 11.8 Å². The molecular formula is C15H25NS. The fraction of sp³-hybridized carbons (Fsp3) is 0.600. The van der Waals surface area contributed by atoms with Crippen LogP contribution in [0.15, 0.2) is 29.2 Å². The van der Waals surface area contributed by atoms with Crippen LogP contribution in [0.2, 0.25) is 0 Å². The van der Waals surface area contributed by atoms with Crippen molar-refractivity contribution in [3.05, 3.63) is 29.8 Å². The van der Waals surface area contributed by atoms with Gasteiger partial charge < -0.3 is 5.32 Å². The Labute approximate surface area is 110 Å². The zero-order valence-electron chi connectivity index (χ0n) is 11.7. The van der Waals surface area contributed by atoms with Crippen LogP contribution in [-0.4, -0.2) is 12.8 Å². The first-order chi connectivity index (χ1) is 7.93. The van der Waals surface area contributed by atoms with Crippen LogP contribution in [0.1, 0.15) is 33.3 Å². The average molecular weight is 251 g/mol. The fourth-order valence-electron chi connectivity index (χ4n) is 1.48. The minimum absolute atomic E-state index is 0.385. The highest BCUT2D eigenvalue weighted by molar-refractivity contribution is 7.98. The second-order valence-electron chi connectivity index (χ2n) is 5.75. The molecule has 96 valence electrons. The minimum atomic E-state index is 0.385. The second-order valence-corrected chi connectivity index (χ2v) is 6.63. The molecule has 1 aromatic carbocycles. The molecule has 0 aliphatic heterocycles. The summed E-state index contributed by atoms with van der Waals surface area (Å²) in [5.41, 5.74) is 1.75. The molecule has 1 aromatic rings. The van der Waals surface area contributed by atoms with E-state index in [9.17, 15) is 0 Å². The van der Waals surface area contributed by atoms with Crippen LogP contribution >= 0.6 is 11.8 Å². The molecule has 0 aliphatic carbocycles. The van der Waals surface area contributed by atoms with E-state index in [2.05, 4.69) is 63.5 Å². The van der Waals surface area contributed by atoms with Gasteiger partial charge in [0.05, 0.1) is 0 Å². The lowest BCUT2D eigenvalue weighted by Gasteiger charge is -2.27. The maximum atomic E-state index is 3.54. The highest BCUT2D eigenvalue weighted by Gasteiger charge is 2.18. The van der Waals surface area contributed by atoms with Gasteiger partial charge in [-0.25, -0.2) is 0 Å². The summed E-state index contributed by atoms with van der Waals surface area (Å²) >= 11 is 1.79. The molecule has 0 aliphatic rings. The molecule has 1 atom stereocenters. The lowest BCUT2D eigenvalue weighted by atomic mass is 9.82. The van der Waals surface area contributed by atoms with Crippen molar-refractivity contribution in [1.29, 1.82) is 0 Å². The lowest BCUT2D eigenvalue weighted by Crippen LogP contribution is -2.29. The second kappa shape index (κ2) is 6.46. The summed E-state index contributed by atoms with van der Waals surface area (Å²) in [6, 6.07) is 8.80. The monoisotopic (exact) mass is 251 g/mol. The molecular weight excluding hydrogens is 226 g/mol. The largest absolute Gasteiger partial charge is 0.312 e. The van der Waals surface area contributed by atoms with E-state index in [1.807, 2.05) is 0 Å². The Kier molecular flexibility index (Phi) is 5.54. The smallest absolute Gasteiger partial charge is 0.0205 e. The number of hydrogen-bond donors (Lipinski definition) is 1. The van der Waals surface area contributed by atoms with Gasteiger partial charge in [-0.3, -0.25) is 0 Å². The quantitative estimate of drug-likeness (QED) is 0.788. The van der Waals surface area contributed by atoms with Crippen LogP contribution in [0.3, 0.4) is 0 Å². The third kappa shape index (κ3) is 5.13. The lowest BCUT2D eigenvalue weighted by molar-refractivity contribution is 0.252. The number of hydrogen-bond acceptors (Lipinski definition) is 2. The van der Waals surface area contributed by atoms with E-state index in [0.717, 1.165) is 13.1 Å². The van der Waals surface area contributed by atoms with Gasteiger partial charge in [0.2, 0.25) is 0 Å². The van der Waals surface area contributed by atoms with Crippen molar-refractivity contribution in [1.82, 2.24) is 5.32 Å². The Hall–Kier alpha value is -0.470. The number of rotatable bonds is 5. The van der Waals surface area contributed by atoms with E-state index >= 15 is 0 Å². The molecule has 0 radical (unpaired) electrons. The van der Waals surface area contributed by atoms with Crippen LogP contribution in [-0.2, 0) is 6.54 Å². The first kappa shape index (κ1) is 14.6. The minimum Gasteiger partial charge on any atom is -0.312 e. The number of thioether (sulfide) groups is 1. The normalized spacial score (nSPS) is 13.7. The Morgan fingerprint density at radius 3 is 2.24 bits per heavy atom. The summed E-state index contributed by atoms with van der Waals surface area (Å²) in [5, 5.41) is 3.54. The zero-order chi connectivity index (χ0) is 12.9. The molecule has 0 fully saturated rings. The Morgan fingerprint density at radius 1 is 1.18 bits per heavy atom. The fourth-order valence-corrected chi connectivity index (χ4v) is 1.89. The van der Waals surface area contributed by atoms with E-state index in [-0.39, 0.29) is 0 Å². The van der Waals surface area contributed by atoms with Gasteiger partial charge in [0, 0.05) is 11.4 Å². The molecule has 0 aromatic heterocycles. The summed E-state index contributed by atoms with van der Waals surface area (Å²) in [6.07, 6.45) is 2.11. The molecule has 0 saturated heterocycles. The molecule has 0 saturated carbocycles. The van der Waals surface area contributed by atoms with Gasteiger partial charge in [0.25, 0.3) is 0 Å². The number of nitrogens with one attached hydrogen (secondary N) is 1. The molecule has 1 nitrogen and oxygen atoms in total. The summed E-state index contributed by atoms with van der Waals surface area (Å²) in [5.74, 6) is 0.688. The van der Waals surface area contributed by atoms with Crippen LogP contribution in [0.5, 0.6) is 0 Å². The maximum Gasteiger partial charge on any atom is 0.0205 e. The summed E-state index contributed by atoms with van der Waals surface area (Å²) in [4.78, 5) is 1.33. The third-order valence-electron chi connectivity index (χ3n) is 3.42. The van der Waals surface area contributed by atoms with Crippen LogP contribution in [0.4, 0.5) is 0 Å². The summed E-state index contributed by atoms with van der Waals surface area (Å²) < 4.78 is 0. The van der Waals surface area contributed by atoms with Crippen LogP contribution in [0.25, 0.3) is 0 Å². The average Bonchev–Trinajstić information content (AvgIpc) is 2.28. The van der Waals surface area contributed by atoms with Crippen molar-refractivity contribution in [2.45, 2.75) is 39.1 Å². The molecule has 1 unspecified atom stereocenters. The van der Waals surface area contributed by atoms with Gasteiger partial charge in [-0.1, -0.05) is 39.8 Å². The van der Waals surface area contributed by atoms with Gasteiger partial charge in [0.15, 0.2) is 0 Å². The third-order valence-corrected chi connectivity index (χ3v) is 4.16. The number of benzene rings is 1. The molecule has 17 heavy (non-hydrogen) atoms. The zero-order valence-corrected chi connectivity index (χ0v) is 12.5. The van der Waals surface area contributed by atoms with Crippen molar-refractivity contribution in [3.8, 4) is 0 Å². The van der Waals surface area contributed by atoms with Gasteiger partial charge in [-0.15, -0.1) is 11.8 Å². The SMILES string of the molecule is CSc1ccc(CNCC(C)C(C)(C)C)cc1. The Bertz CT molecular complexity index is 324. The predicted octanol–water partition coefficient (Wildman–Crippen LogP) is 4.18. The molecule has 1 N–H and O–H groups in total. The van der Waals surface area contributed by atoms with E-state index in [4.69, 9.17) is 0 Å². The first-order valence-electron chi connectivity index (χ1n) is 6.27. The standard InChI is InChI=1S/C15H25NS/c1-12(15(2,3)4)10-16-11-13-6-8-14(17-5)9-7-13/h6-9,12,16H,10-11H2,1-5H3. The molecule has 0 spiro atoms. The van der Waals surface area contributed by atoms with E-state index in [1.165, 1.54) is 10.5 Å². The summed E-state index contributed by atoms with van der Waals surface area (Å²) in [6.45, 7) is 11.2. The predicted molar refractivity (Wildman–Crippen MR) is 78.5 cm³/mol. The van der Waals surface area contributed by atoms with Gasteiger partial charge in [0.1, 0.15) is 0 Å². The Balaban J connectivity index is 2.35. The van der Waals surface area contributed by atoms with Crippen molar-refractivity contribution in [3.63, 3.8) is 0 Å². The van der Waals surface area contributed by atoms with Crippen LogP contribution < -0.4 is 5.32 Å².